The predicted molar refractivity (Wildman–Crippen MR) is 166 cm³/mol. The van der Waals surface area contributed by atoms with Gasteiger partial charge in [-0.1, -0.05) is 43.0 Å². The van der Waals surface area contributed by atoms with E-state index in [1.807, 2.05) is 11.8 Å². The molecule has 1 aromatic carbocycles. The summed E-state index contributed by atoms with van der Waals surface area (Å²) in [6.07, 6.45) is 4.13. The zero-order valence-electron chi connectivity index (χ0n) is 24.2. The largest absolute Gasteiger partial charge is 0.355 e. The molecule has 0 saturated carbocycles. The first-order valence-electron chi connectivity index (χ1n) is 13.9. The Balaban J connectivity index is 1.85. The molecule has 3 aromatic heterocycles. The molecule has 1 atom stereocenters. The first kappa shape index (κ1) is 30.9. The van der Waals surface area contributed by atoms with Crippen LogP contribution in [0.3, 0.4) is 0 Å². The van der Waals surface area contributed by atoms with Gasteiger partial charge in [-0.3, -0.25) is 18.6 Å². The SMILES string of the molecule is C=CC(=O)N1CCN(c2nc(=O)n(-c3c(C)ccnc3C(CF)CF)c3nc(-c4c(F)cccc4C=C)c(Cl)cc23)[C@@H](C)C1. The number of alkyl halides is 2. The lowest BCUT2D eigenvalue weighted by molar-refractivity contribution is -0.126. The van der Waals surface area contributed by atoms with Gasteiger partial charge < -0.3 is 9.80 Å². The van der Waals surface area contributed by atoms with Gasteiger partial charge in [0, 0.05) is 37.4 Å². The standard InChI is InChI=1S/C32H30ClF3N6O2/c1-5-20-8-7-9-24(36)26(20)28-23(33)14-22-30(41-13-12-40(17-19(41)4)25(43)6-2)39-32(44)42(31(22)38-28)29-18(3)10-11-37-27(29)21(15-34)16-35/h5-11,14,19,21H,1-2,12-13,15-17H2,3-4H3/t19-/m0/s1. The van der Waals surface area contributed by atoms with Crippen molar-refractivity contribution in [1.82, 2.24) is 24.4 Å². The van der Waals surface area contributed by atoms with Crippen molar-refractivity contribution < 1.29 is 18.0 Å². The number of halogens is 4. The van der Waals surface area contributed by atoms with Crippen LogP contribution in [-0.4, -0.2) is 69.4 Å². The molecule has 228 valence electrons. The summed E-state index contributed by atoms with van der Waals surface area (Å²) >= 11 is 6.79. The predicted octanol–water partition coefficient (Wildman–Crippen LogP) is 5.83. The van der Waals surface area contributed by atoms with E-state index in [0.717, 1.165) is 4.57 Å². The highest BCUT2D eigenvalue weighted by molar-refractivity contribution is 6.34. The average Bonchev–Trinajstić information content (AvgIpc) is 3.01. The molecular formula is C32H30ClF3N6O2. The number of fused-ring (bicyclic) bond motifs is 1. The molecule has 1 fully saturated rings. The van der Waals surface area contributed by atoms with E-state index < -0.39 is 30.8 Å². The summed E-state index contributed by atoms with van der Waals surface area (Å²) in [6, 6.07) is 7.34. The number of rotatable bonds is 8. The second-order valence-electron chi connectivity index (χ2n) is 10.5. The van der Waals surface area contributed by atoms with Gasteiger partial charge >= 0.3 is 5.69 Å². The molecule has 1 amide bonds. The smallest absolute Gasteiger partial charge is 0.350 e. The van der Waals surface area contributed by atoms with Crippen molar-refractivity contribution in [3.05, 3.63) is 93.9 Å². The highest BCUT2D eigenvalue weighted by atomic mass is 35.5. The van der Waals surface area contributed by atoms with Crippen LogP contribution in [0, 0.1) is 12.7 Å². The number of hydrogen-bond acceptors (Lipinski definition) is 6. The summed E-state index contributed by atoms with van der Waals surface area (Å²) in [6.45, 7) is 9.83. The molecule has 1 aliphatic heterocycles. The van der Waals surface area contributed by atoms with Crippen LogP contribution in [0.5, 0.6) is 0 Å². The summed E-state index contributed by atoms with van der Waals surface area (Å²) in [5.74, 6) is -1.80. The van der Waals surface area contributed by atoms with Gasteiger partial charge in [-0.05, 0) is 49.2 Å². The topological polar surface area (TPSA) is 84.2 Å². The van der Waals surface area contributed by atoms with Crippen LogP contribution >= 0.6 is 11.6 Å². The Hall–Kier alpha value is -4.51. The van der Waals surface area contributed by atoms with E-state index >= 15 is 4.39 Å². The fourth-order valence-electron chi connectivity index (χ4n) is 5.61. The molecule has 5 rings (SSSR count). The molecule has 12 heteroatoms. The fraction of sp³-hybridized carbons (Fsp3) is 0.281. The van der Waals surface area contributed by atoms with Crippen molar-refractivity contribution in [3.8, 4) is 16.9 Å². The van der Waals surface area contributed by atoms with Crippen LogP contribution < -0.4 is 10.6 Å². The number of aryl methyl sites for hydroxylation is 1. The molecule has 4 heterocycles. The normalized spacial score (nSPS) is 15.2. The van der Waals surface area contributed by atoms with E-state index in [0.29, 0.717) is 36.1 Å². The van der Waals surface area contributed by atoms with E-state index in [1.165, 1.54) is 30.5 Å². The van der Waals surface area contributed by atoms with Gasteiger partial charge in [0.15, 0.2) is 5.65 Å². The van der Waals surface area contributed by atoms with Crippen molar-refractivity contribution in [3.63, 3.8) is 0 Å². The monoisotopic (exact) mass is 622 g/mol. The number of nitrogens with zero attached hydrogens (tertiary/aromatic N) is 6. The number of carbonyl (C=O) groups is 1. The maximum absolute atomic E-state index is 15.3. The van der Waals surface area contributed by atoms with Crippen LogP contribution in [0.4, 0.5) is 19.0 Å². The minimum Gasteiger partial charge on any atom is -0.350 e. The summed E-state index contributed by atoms with van der Waals surface area (Å²) < 4.78 is 44.5. The number of hydrogen-bond donors (Lipinski definition) is 0. The van der Waals surface area contributed by atoms with E-state index in [1.54, 1.807) is 30.0 Å². The van der Waals surface area contributed by atoms with E-state index in [4.69, 9.17) is 16.6 Å². The van der Waals surface area contributed by atoms with Gasteiger partial charge in [-0.25, -0.2) is 18.7 Å². The maximum atomic E-state index is 15.3. The van der Waals surface area contributed by atoms with Gasteiger partial charge in [0.25, 0.3) is 0 Å². The van der Waals surface area contributed by atoms with Gasteiger partial charge in [0.05, 0.1) is 33.4 Å². The Morgan fingerprint density at radius 1 is 1.18 bits per heavy atom. The highest BCUT2D eigenvalue weighted by Gasteiger charge is 2.31. The third kappa shape index (κ3) is 5.36. The van der Waals surface area contributed by atoms with Crippen molar-refractivity contribution in [2.24, 2.45) is 0 Å². The lowest BCUT2D eigenvalue weighted by atomic mass is 10.0. The van der Waals surface area contributed by atoms with Crippen molar-refractivity contribution in [2.75, 3.05) is 37.9 Å². The lowest BCUT2D eigenvalue weighted by Gasteiger charge is -2.40. The maximum Gasteiger partial charge on any atom is 0.355 e. The number of anilines is 1. The number of pyridine rings is 2. The summed E-state index contributed by atoms with van der Waals surface area (Å²) in [5.41, 5.74) is 0.461. The first-order chi connectivity index (χ1) is 21.1. The molecule has 0 radical (unpaired) electrons. The van der Waals surface area contributed by atoms with Crippen LogP contribution in [-0.2, 0) is 4.79 Å². The Kier molecular flexibility index (Phi) is 8.87. The van der Waals surface area contributed by atoms with Gasteiger partial charge in [0.2, 0.25) is 5.91 Å². The van der Waals surface area contributed by atoms with Crippen molar-refractivity contribution in [2.45, 2.75) is 25.8 Å². The highest BCUT2D eigenvalue weighted by Crippen LogP contribution is 2.37. The van der Waals surface area contributed by atoms with E-state index in [9.17, 15) is 18.4 Å². The molecule has 8 nitrogen and oxygen atoms in total. The minimum absolute atomic E-state index is 0.0221. The molecule has 1 aliphatic rings. The van der Waals surface area contributed by atoms with Crippen molar-refractivity contribution in [1.29, 1.82) is 0 Å². The molecule has 0 aliphatic carbocycles. The first-order valence-corrected chi connectivity index (χ1v) is 14.3. The van der Waals surface area contributed by atoms with E-state index in [2.05, 4.69) is 23.1 Å². The second kappa shape index (κ2) is 12.6. The second-order valence-corrected chi connectivity index (χ2v) is 11.0. The Bertz CT molecular complexity index is 1840. The number of aromatic nitrogens is 4. The van der Waals surface area contributed by atoms with Gasteiger partial charge in [0.1, 0.15) is 25.0 Å². The molecule has 0 spiro atoms. The van der Waals surface area contributed by atoms with Gasteiger partial charge in [-0.2, -0.15) is 4.98 Å². The van der Waals surface area contributed by atoms with E-state index in [-0.39, 0.29) is 51.1 Å². The third-order valence-corrected chi connectivity index (χ3v) is 8.12. The zero-order valence-corrected chi connectivity index (χ0v) is 25.0. The minimum atomic E-state index is -1.24. The lowest BCUT2D eigenvalue weighted by Crippen LogP contribution is -2.54. The third-order valence-electron chi connectivity index (χ3n) is 7.83. The Morgan fingerprint density at radius 3 is 2.59 bits per heavy atom. The van der Waals surface area contributed by atoms with Crippen LogP contribution in [0.25, 0.3) is 34.1 Å². The molecule has 0 bridgehead atoms. The quantitative estimate of drug-likeness (QED) is 0.230. The Labute approximate surface area is 257 Å². The Morgan fingerprint density at radius 2 is 1.93 bits per heavy atom. The van der Waals surface area contributed by atoms with Crippen LogP contribution in [0.15, 0.2) is 60.6 Å². The molecule has 4 aromatic rings. The van der Waals surface area contributed by atoms with Gasteiger partial charge in [-0.15, -0.1) is 0 Å². The number of benzene rings is 1. The summed E-state index contributed by atoms with van der Waals surface area (Å²) in [7, 11) is 0. The molecule has 1 saturated heterocycles. The van der Waals surface area contributed by atoms with Crippen molar-refractivity contribution >= 4 is 40.4 Å². The average molecular weight is 623 g/mol. The zero-order chi connectivity index (χ0) is 31.7. The number of amides is 1. The molecule has 44 heavy (non-hydrogen) atoms. The summed E-state index contributed by atoms with van der Waals surface area (Å²) in [4.78, 5) is 43.3. The van der Waals surface area contributed by atoms with Crippen LogP contribution in [0.2, 0.25) is 5.02 Å². The number of piperazine rings is 1. The fourth-order valence-corrected chi connectivity index (χ4v) is 5.86. The molecule has 0 unspecified atom stereocenters. The molecule has 0 N–H and O–H groups in total. The summed E-state index contributed by atoms with van der Waals surface area (Å²) in [5, 5.41) is 0.428. The molecular weight excluding hydrogens is 593 g/mol. The van der Waals surface area contributed by atoms with Crippen LogP contribution in [0.1, 0.15) is 29.7 Å². The number of carbonyl (C=O) groups excluding carboxylic acids is 1.